The summed E-state index contributed by atoms with van der Waals surface area (Å²) in [6.45, 7) is 2.01. The van der Waals surface area contributed by atoms with Crippen molar-refractivity contribution >= 4 is 0 Å². The Morgan fingerprint density at radius 3 is 3.12 bits per heavy atom. The number of hydrogen-bond donors (Lipinski definition) is 1. The number of nitrogens with two attached hydrogens (primary N) is 1. The molecule has 4 heteroatoms. The number of likely N-dealkylation sites (N-methyl/N-ethyl adjacent to an activating group) is 1. The van der Waals surface area contributed by atoms with Crippen molar-refractivity contribution < 1.29 is 9.47 Å². The second-order valence-corrected chi connectivity index (χ2v) is 4.35. The fourth-order valence-corrected chi connectivity index (χ4v) is 2.60. The Balaban J connectivity index is 2.11. The van der Waals surface area contributed by atoms with Crippen LogP contribution in [0.25, 0.3) is 0 Å². The molecule has 4 nitrogen and oxygen atoms in total. The van der Waals surface area contributed by atoms with E-state index in [-0.39, 0.29) is 0 Å². The lowest BCUT2D eigenvalue weighted by Crippen LogP contribution is -2.36. The summed E-state index contributed by atoms with van der Waals surface area (Å²) >= 11 is 0. The molecule has 1 aromatic rings. The van der Waals surface area contributed by atoms with Crippen LogP contribution in [0, 0.1) is 0 Å². The molecule has 1 aromatic carbocycles. The van der Waals surface area contributed by atoms with Crippen LogP contribution >= 0.6 is 0 Å². The SMILES string of the molecule is CN1CCc2c(ccc3c2OCO3)[C@H]1CN. The van der Waals surface area contributed by atoms with Gasteiger partial charge in [0, 0.05) is 24.7 Å². The maximum Gasteiger partial charge on any atom is 0.231 e. The van der Waals surface area contributed by atoms with Gasteiger partial charge in [0.15, 0.2) is 11.5 Å². The van der Waals surface area contributed by atoms with E-state index in [0.717, 1.165) is 24.5 Å². The van der Waals surface area contributed by atoms with Crippen molar-refractivity contribution in [3.8, 4) is 11.5 Å². The third kappa shape index (κ3) is 1.30. The number of fused-ring (bicyclic) bond motifs is 3. The highest BCUT2D eigenvalue weighted by Crippen LogP contribution is 2.42. The molecule has 86 valence electrons. The first-order valence-electron chi connectivity index (χ1n) is 5.63. The number of hydrogen-bond acceptors (Lipinski definition) is 4. The van der Waals surface area contributed by atoms with Crippen LogP contribution in [0.2, 0.25) is 0 Å². The van der Waals surface area contributed by atoms with Crippen molar-refractivity contribution in [1.82, 2.24) is 4.90 Å². The van der Waals surface area contributed by atoms with Crippen LogP contribution in [-0.4, -0.2) is 31.8 Å². The zero-order chi connectivity index (χ0) is 11.1. The predicted molar refractivity (Wildman–Crippen MR) is 60.7 cm³/mol. The van der Waals surface area contributed by atoms with E-state index < -0.39 is 0 Å². The minimum Gasteiger partial charge on any atom is -0.454 e. The molecule has 0 aromatic heterocycles. The van der Waals surface area contributed by atoms with Crippen molar-refractivity contribution in [2.75, 3.05) is 26.9 Å². The smallest absolute Gasteiger partial charge is 0.231 e. The zero-order valence-corrected chi connectivity index (χ0v) is 9.40. The van der Waals surface area contributed by atoms with Crippen molar-refractivity contribution in [2.45, 2.75) is 12.5 Å². The van der Waals surface area contributed by atoms with Gasteiger partial charge in [-0.3, -0.25) is 4.90 Å². The number of ether oxygens (including phenoxy) is 2. The van der Waals surface area contributed by atoms with Crippen LogP contribution in [0.15, 0.2) is 12.1 Å². The third-order valence-corrected chi connectivity index (χ3v) is 3.51. The van der Waals surface area contributed by atoms with Crippen LogP contribution in [0.4, 0.5) is 0 Å². The monoisotopic (exact) mass is 220 g/mol. The molecule has 0 amide bonds. The highest BCUT2D eigenvalue weighted by molar-refractivity contribution is 5.54. The van der Waals surface area contributed by atoms with Gasteiger partial charge in [0.25, 0.3) is 0 Å². The molecular weight excluding hydrogens is 204 g/mol. The maximum atomic E-state index is 5.84. The van der Waals surface area contributed by atoms with E-state index in [0.29, 0.717) is 19.4 Å². The van der Waals surface area contributed by atoms with E-state index >= 15 is 0 Å². The molecule has 0 aliphatic carbocycles. The standard InChI is InChI=1S/C12H16N2O2/c1-14-5-4-9-8(10(14)6-13)2-3-11-12(9)16-7-15-11/h2-3,10H,4-7,13H2,1H3/t10-/m1/s1. The Morgan fingerprint density at radius 1 is 1.44 bits per heavy atom. The molecule has 2 aliphatic heterocycles. The van der Waals surface area contributed by atoms with Crippen molar-refractivity contribution in [2.24, 2.45) is 5.73 Å². The summed E-state index contributed by atoms with van der Waals surface area (Å²) in [6.07, 6.45) is 1.01. The average Bonchev–Trinajstić information content (AvgIpc) is 2.76. The number of benzene rings is 1. The van der Waals surface area contributed by atoms with Crippen LogP contribution in [0.5, 0.6) is 11.5 Å². The van der Waals surface area contributed by atoms with Gasteiger partial charge in [-0.2, -0.15) is 0 Å². The minimum atomic E-state index is 0.304. The van der Waals surface area contributed by atoms with E-state index in [2.05, 4.69) is 18.0 Å². The first-order valence-corrected chi connectivity index (χ1v) is 5.63. The summed E-state index contributed by atoms with van der Waals surface area (Å²) < 4.78 is 10.9. The third-order valence-electron chi connectivity index (χ3n) is 3.51. The Bertz CT molecular complexity index is 420. The van der Waals surface area contributed by atoms with E-state index in [4.69, 9.17) is 15.2 Å². The molecule has 1 atom stereocenters. The Hall–Kier alpha value is -1.26. The highest BCUT2D eigenvalue weighted by atomic mass is 16.7. The van der Waals surface area contributed by atoms with Gasteiger partial charge in [0.1, 0.15) is 0 Å². The predicted octanol–water partition coefficient (Wildman–Crippen LogP) is 0.903. The molecule has 0 radical (unpaired) electrons. The topological polar surface area (TPSA) is 47.7 Å². The van der Waals surface area contributed by atoms with E-state index in [1.165, 1.54) is 11.1 Å². The molecule has 2 heterocycles. The largest absolute Gasteiger partial charge is 0.454 e. The molecule has 2 aliphatic rings. The van der Waals surface area contributed by atoms with Crippen LogP contribution < -0.4 is 15.2 Å². The average molecular weight is 220 g/mol. The molecule has 0 bridgehead atoms. The summed E-state index contributed by atoms with van der Waals surface area (Å²) in [5.41, 5.74) is 8.41. The zero-order valence-electron chi connectivity index (χ0n) is 9.40. The summed E-state index contributed by atoms with van der Waals surface area (Å²) in [5.74, 6) is 1.81. The number of rotatable bonds is 1. The van der Waals surface area contributed by atoms with Gasteiger partial charge in [-0.05, 0) is 25.1 Å². The molecule has 0 saturated carbocycles. The van der Waals surface area contributed by atoms with Crippen LogP contribution in [-0.2, 0) is 6.42 Å². The second kappa shape index (κ2) is 3.64. The molecule has 0 saturated heterocycles. The fraction of sp³-hybridized carbons (Fsp3) is 0.500. The summed E-state index contributed by atoms with van der Waals surface area (Å²) in [7, 11) is 2.12. The lowest BCUT2D eigenvalue weighted by atomic mass is 9.92. The first kappa shape index (κ1) is 9.93. The van der Waals surface area contributed by atoms with E-state index in [1.54, 1.807) is 0 Å². The fourth-order valence-electron chi connectivity index (χ4n) is 2.60. The lowest BCUT2D eigenvalue weighted by Gasteiger charge is -2.34. The highest BCUT2D eigenvalue weighted by Gasteiger charge is 2.29. The maximum absolute atomic E-state index is 5.84. The Kier molecular flexibility index (Phi) is 2.26. The van der Waals surface area contributed by atoms with Gasteiger partial charge in [-0.15, -0.1) is 0 Å². The van der Waals surface area contributed by atoms with Gasteiger partial charge in [-0.1, -0.05) is 6.07 Å². The van der Waals surface area contributed by atoms with Gasteiger partial charge >= 0.3 is 0 Å². The minimum absolute atomic E-state index is 0.304. The van der Waals surface area contributed by atoms with Gasteiger partial charge < -0.3 is 15.2 Å². The van der Waals surface area contributed by atoms with Gasteiger partial charge in [0.2, 0.25) is 6.79 Å². The van der Waals surface area contributed by atoms with E-state index in [1.807, 2.05) is 6.07 Å². The summed E-state index contributed by atoms with van der Waals surface area (Å²) in [4.78, 5) is 2.30. The molecule has 0 unspecified atom stereocenters. The van der Waals surface area contributed by atoms with Crippen molar-refractivity contribution in [3.63, 3.8) is 0 Å². The van der Waals surface area contributed by atoms with Crippen molar-refractivity contribution in [3.05, 3.63) is 23.3 Å². The quantitative estimate of drug-likeness (QED) is 0.764. The second-order valence-electron chi connectivity index (χ2n) is 4.35. The molecule has 0 fully saturated rings. The lowest BCUT2D eigenvalue weighted by molar-refractivity contribution is 0.171. The first-order chi connectivity index (χ1) is 7.81. The molecule has 0 spiro atoms. The van der Waals surface area contributed by atoms with Crippen LogP contribution in [0.3, 0.4) is 0 Å². The molecule has 3 rings (SSSR count). The Morgan fingerprint density at radius 2 is 2.31 bits per heavy atom. The van der Waals surface area contributed by atoms with E-state index in [9.17, 15) is 0 Å². The molecular formula is C12H16N2O2. The molecule has 2 N–H and O–H groups in total. The molecule has 16 heavy (non-hydrogen) atoms. The summed E-state index contributed by atoms with van der Waals surface area (Å²) in [6, 6.07) is 4.41. The normalized spacial score (nSPS) is 23.2. The van der Waals surface area contributed by atoms with Gasteiger partial charge in [0.05, 0.1) is 0 Å². The summed E-state index contributed by atoms with van der Waals surface area (Å²) in [5, 5.41) is 0. The van der Waals surface area contributed by atoms with Crippen LogP contribution in [0.1, 0.15) is 17.2 Å². The number of nitrogens with zero attached hydrogens (tertiary/aromatic N) is 1. The Labute approximate surface area is 94.9 Å². The van der Waals surface area contributed by atoms with Crippen molar-refractivity contribution in [1.29, 1.82) is 0 Å². The van der Waals surface area contributed by atoms with Gasteiger partial charge in [-0.25, -0.2) is 0 Å².